The van der Waals surface area contributed by atoms with Gasteiger partial charge in [-0.15, -0.1) is 8.78 Å². The molecule has 2 aliphatic heterocycles. The number of nitrogens with one attached hydrogen (secondary N) is 1. The Labute approximate surface area is 146 Å². The van der Waals surface area contributed by atoms with E-state index in [0.717, 1.165) is 0 Å². The van der Waals surface area contributed by atoms with Crippen molar-refractivity contribution in [1.29, 1.82) is 0 Å². The van der Waals surface area contributed by atoms with Crippen LogP contribution in [0.1, 0.15) is 33.2 Å². The number of ether oxygens (including phenoxy) is 2. The number of Topliss-reactive ketones (excluding diaryl/α,β-unsaturated/α-hetero) is 1. The van der Waals surface area contributed by atoms with Crippen LogP contribution in [-0.4, -0.2) is 23.8 Å². The van der Waals surface area contributed by atoms with Gasteiger partial charge in [0.15, 0.2) is 17.3 Å². The summed E-state index contributed by atoms with van der Waals surface area (Å²) in [5, 5.41) is 2.67. The fraction of sp³-hybridized carbons (Fsp3) is 0.167. The summed E-state index contributed by atoms with van der Waals surface area (Å²) in [6.07, 6.45) is -3.42. The zero-order valence-electron chi connectivity index (χ0n) is 13.5. The first-order valence-electron chi connectivity index (χ1n) is 7.73. The third-order valence-corrected chi connectivity index (χ3v) is 4.00. The number of benzene rings is 2. The van der Waals surface area contributed by atoms with E-state index in [0.29, 0.717) is 28.2 Å². The number of nitrogens with zero attached hydrogens (tertiary/aromatic N) is 1. The number of aliphatic imine (C=N–C) groups is 1. The van der Waals surface area contributed by atoms with E-state index in [9.17, 15) is 18.4 Å². The third-order valence-electron chi connectivity index (χ3n) is 4.00. The van der Waals surface area contributed by atoms with E-state index in [1.165, 1.54) is 25.1 Å². The van der Waals surface area contributed by atoms with Crippen LogP contribution in [-0.2, 0) is 6.42 Å². The highest BCUT2D eigenvalue weighted by Gasteiger charge is 2.44. The minimum atomic E-state index is -3.68. The first kappa shape index (κ1) is 16.2. The van der Waals surface area contributed by atoms with Crippen molar-refractivity contribution in [2.24, 2.45) is 4.99 Å². The minimum absolute atomic E-state index is 0.0642. The van der Waals surface area contributed by atoms with Crippen molar-refractivity contribution < 1.29 is 27.8 Å². The lowest BCUT2D eigenvalue weighted by Crippen LogP contribution is -2.30. The first-order chi connectivity index (χ1) is 12.3. The second-order valence-electron chi connectivity index (χ2n) is 5.92. The van der Waals surface area contributed by atoms with E-state index in [2.05, 4.69) is 19.8 Å². The molecular formula is C18H12F2N2O4. The number of ketones is 1. The smallest absolute Gasteiger partial charge is 0.395 e. The molecule has 0 saturated heterocycles. The van der Waals surface area contributed by atoms with E-state index in [1.807, 2.05) is 0 Å². The van der Waals surface area contributed by atoms with E-state index in [-0.39, 0.29) is 23.7 Å². The Kier molecular flexibility index (Phi) is 3.50. The molecule has 0 aliphatic carbocycles. The number of rotatable bonds is 2. The van der Waals surface area contributed by atoms with Gasteiger partial charge in [0.2, 0.25) is 0 Å². The molecule has 0 saturated carbocycles. The molecule has 0 aromatic heterocycles. The molecular weight excluding hydrogens is 346 g/mol. The molecule has 2 heterocycles. The number of amides is 1. The molecule has 2 aliphatic rings. The summed E-state index contributed by atoms with van der Waals surface area (Å²) in [7, 11) is 0. The quantitative estimate of drug-likeness (QED) is 0.836. The van der Waals surface area contributed by atoms with Gasteiger partial charge >= 0.3 is 6.29 Å². The molecule has 8 heteroatoms. The lowest BCUT2D eigenvalue weighted by atomic mass is 10.1. The van der Waals surface area contributed by atoms with E-state index < -0.39 is 12.2 Å². The Morgan fingerprint density at radius 3 is 2.54 bits per heavy atom. The maximum absolute atomic E-state index is 13.1. The lowest BCUT2D eigenvalue weighted by Gasteiger charge is -2.06. The van der Waals surface area contributed by atoms with Crippen molar-refractivity contribution in [1.82, 2.24) is 5.32 Å². The molecule has 0 radical (unpaired) electrons. The van der Waals surface area contributed by atoms with Crippen LogP contribution in [0.2, 0.25) is 0 Å². The molecule has 0 fully saturated rings. The van der Waals surface area contributed by atoms with Gasteiger partial charge in [-0.2, -0.15) is 0 Å². The second-order valence-corrected chi connectivity index (χ2v) is 5.92. The predicted octanol–water partition coefficient (Wildman–Crippen LogP) is 3.23. The Morgan fingerprint density at radius 2 is 1.81 bits per heavy atom. The van der Waals surface area contributed by atoms with Crippen LogP contribution in [0, 0.1) is 0 Å². The first-order valence-corrected chi connectivity index (χ1v) is 7.73. The van der Waals surface area contributed by atoms with E-state index in [4.69, 9.17) is 0 Å². The molecule has 0 spiro atoms. The van der Waals surface area contributed by atoms with Crippen LogP contribution in [0.4, 0.5) is 14.5 Å². The third kappa shape index (κ3) is 2.90. The van der Waals surface area contributed by atoms with Crippen molar-refractivity contribution >= 4 is 23.2 Å². The summed E-state index contributed by atoms with van der Waals surface area (Å²) >= 11 is 0. The van der Waals surface area contributed by atoms with Crippen LogP contribution < -0.4 is 14.8 Å². The normalized spacial score (nSPS) is 16.0. The van der Waals surface area contributed by atoms with Crippen molar-refractivity contribution in [2.45, 2.75) is 19.6 Å². The molecule has 1 amide bonds. The summed E-state index contributed by atoms with van der Waals surface area (Å²) in [6.45, 7) is 1.42. The zero-order valence-corrected chi connectivity index (χ0v) is 13.5. The van der Waals surface area contributed by atoms with Gasteiger partial charge in [-0.1, -0.05) is 12.1 Å². The van der Waals surface area contributed by atoms with Crippen LogP contribution in [0.3, 0.4) is 0 Å². The molecule has 6 nitrogen and oxygen atoms in total. The number of halogens is 2. The standard InChI is InChI=1S/C18H12F2N2O4/c1-9(23)10-3-2-4-11(5-10)17(24)22-16-7-12-6-14-15(8-13(12)21-16)26-18(19,20)25-14/h2-6,8H,7H2,1H3,(H,21,22,24). The average molecular weight is 358 g/mol. The monoisotopic (exact) mass is 358 g/mol. The maximum Gasteiger partial charge on any atom is 0.586 e. The van der Waals surface area contributed by atoms with Crippen LogP contribution in [0.15, 0.2) is 41.4 Å². The molecule has 26 heavy (non-hydrogen) atoms. The number of carbonyl (C=O) groups excluding carboxylic acids is 2. The SMILES string of the molecule is CC(=O)c1cccc(C(=O)NC2=Nc3cc4c(cc3C2)OC(F)(F)O4)c1. The van der Waals surface area contributed by atoms with Crippen LogP contribution in [0.5, 0.6) is 11.5 Å². The summed E-state index contributed by atoms with van der Waals surface area (Å²) < 4.78 is 35.0. The van der Waals surface area contributed by atoms with Gasteiger partial charge < -0.3 is 14.8 Å². The van der Waals surface area contributed by atoms with E-state index >= 15 is 0 Å². The van der Waals surface area contributed by atoms with Crippen molar-refractivity contribution in [3.63, 3.8) is 0 Å². The number of hydrogen-bond acceptors (Lipinski definition) is 5. The number of amidine groups is 1. The van der Waals surface area contributed by atoms with Gasteiger partial charge in [-0.3, -0.25) is 9.59 Å². The lowest BCUT2D eigenvalue weighted by molar-refractivity contribution is -0.286. The van der Waals surface area contributed by atoms with Crippen LogP contribution >= 0.6 is 0 Å². The van der Waals surface area contributed by atoms with Gasteiger partial charge in [0.25, 0.3) is 5.91 Å². The number of fused-ring (bicyclic) bond motifs is 2. The number of carbonyl (C=O) groups is 2. The summed E-state index contributed by atoms with van der Waals surface area (Å²) in [5.41, 5.74) is 1.82. The van der Waals surface area contributed by atoms with Crippen LogP contribution in [0.25, 0.3) is 0 Å². The van der Waals surface area contributed by atoms with Crippen molar-refractivity contribution in [3.8, 4) is 11.5 Å². The Hall–Kier alpha value is -3.29. The summed E-state index contributed by atoms with van der Waals surface area (Å²) in [5.74, 6) is -0.346. The molecule has 2 aromatic carbocycles. The topological polar surface area (TPSA) is 77.0 Å². The molecule has 0 bridgehead atoms. The highest BCUT2D eigenvalue weighted by atomic mass is 19.3. The number of hydrogen-bond donors (Lipinski definition) is 1. The molecule has 4 rings (SSSR count). The fourth-order valence-electron chi connectivity index (χ4n) is 2.79. The zero-order chi connectivity index (χ0) is 18.5. The van der Waals surface area contributed by atoms with Gasteiger partial charge in [-0.05, 0) is 30.7 Å². The molecule has 1 N–H and O–H groups in total. The molecule has 132 valence electrons. The Morgan fingerprint density at radius 1 is 1.12 bits per heavy atom. The molecule has 2 aromatic rings. The van der Waals surface area contributed by atoms with Crippen molar-refractivity contribution in [3.05, 3.63) is 53.1 Å². The van der Waals surface area contributed by atoms with Gasteiger partial charge in [0.05, 0.1) is 5.69 Å². The maximum atomic E-state index is 13.1. The summed E-state index contributed by atoms with van der Waals surface area (Å²) in [4.78, 5) is 28.0. The largest absolute Gasteiger partial charge is 0.586 e. The molecule has 0 unspecified atom stereocenters. The highest BCUT2D eigenvalue weighted by molar-refractivity contribution is 6.10. The van der Waals surface area contributed by atoms with Crippen molar-refractivity contribution in [2.75, 3.05) is 0 Å². The summed E-state index contributed by atoms with van der Waals surface area (Å²) in [6, 6.07) is 9.10. The Balaban J connectivity index is 1.52. The second kappa shape index (κ2) is 5.62. The highest BCUT2D eigenvalue weighted by Crippen LogP contribution is 2.45. The Bertz CT molecular complexity index is 985. The molecule has 0 atom stereocenters. The van der Waals surface area contributed by atoms with Gasteiger partial charge in [0.1, 0.15) is 5.84 Å². The van der Waals surface area contributed by atoms with Gasteiger partial charge in [-0.25, -0.2) is 4.99 Å². The average Bonchev–Trinajstić information content (AvgIpc) is 3.09. The predicted molar refractivity (Wildman–Crippen MR) is 87.4 cm³/mol. The van der Waals surface area contributed by atoms with Gasteiger partial charge in [0, 0.05) is 23.6 Å². The minimum Gasteiger partial charge on any atom is -0.395 e. The number of alkyl halides is 2. The van der Waals surface area contributed by atoms with E-state index in [1.54, 1.807) is 18.2 Å². The fourth-order valence-corrected chi connectivity index (χ4v) is 2.79.